The summed E-state index contributed by atoms with van der Waals surface area (Å²) in [6, 6.07) is 18.9. The maximum absolute atomic E-state index is 13.0. The molecule has 3 aromatic heterocycles. The Kier molecular flexibility index (Phi) is 4.96. The first-order valence-corrected chi connectivity index (χ1v) is 11.4. The average Bonchev–Trinajstić information content (AvgIpc) is 3.35. The molecule has 0 bridgehead atoms. The summed E-state index contributed by atoms with van der Waals surface area (Å²) in [6.45, 7) is 11.4. The molecule has 6 nitrogen and oxygen atoms in total. The second-order valence-corrected chi connectivity index (χ2v) is 10.0. The molecule has 0 spiro atoms. The van der Waals surface area contributed by atoms with Crippen molar-refractivity contribution in [1.82, 2.24) is 23.8 Å². The highest BCUT2D eigenvalue weighted by Crippen LogP contribution is 2.24. The minimum atomic E-state index is -0.156. The van der Waals surface area contributed by atoms with E-state index in [9.17, 15) is 4.79 Å². The van der Waals surface area contributed by atoms with Gasteiger partial charge in [-0.2, -0.15) is 5.10 Å². The van der Waals surface area contributed by atoms with Crippen LogP contribution in [0.5, 0.6) is 0 Å². The number of hydrogen-bond acceptors (Lipinski definition) is 3. The van der Waals surface area contributed by atoms with Crippen LogP contribution in [0.3, 0.4) is 0 Å². The highest BCUT2D eigenvalue weighted by molar-refractivity contribution is 5.76. The van der Waals surface area contributed by atoms with Gasteiger partial charge < -0.3 is 0 Å². The van der Waals surface area contributed by atoms with Gasteiger partial charge in [0.1, 0.15) is 5.52 Å². The Balaban J connectivity index is 1.51. The van der Waals surface area contributed by atoms with Gasteiger partial charge in [-0.1, -0.05) is 83.1 Å². The number of rotatable bonds is 4. The van der Waals surface area contributed by atoms with Gasteiger partial charge in [0.05, 0.1) is 12.2 Å². The molecule has 0 saturated heterocycles. The average molecular weight is 440 g/mol. The zero-order valence-electron chi connectivity index (χ0n) is 19.8. The fraction of sp³-hybridized carbons (Fsp3) is 0.296. The van der Waals surface area contributed by atoms with Crippen LogP contribution in [0.2, 0.25) is 0 Å². The first-order valence-electron chi connectivity index (χ1n) is 11.4. The molecule has 0 radical (unpaired) electrons. The minimum absolute atomic E-state index is 0.0961. The molecule has 3 heterocycles. The fourth-order valence-electron chi connectivity index (χ4n) is 4.10. The van der Waals surface area contributed by atoms with Gasteiger partial charge in [-0.25, -0.2) is 18.4 Å². The second-order valence-electron chi connectivity index (χ2n) is 10.0. The topological polar surface area (TPSA) is 56.6 Å². The lowest BCUT2D eigenvalue weighted by Gasteiger charge is -2.19. The van der Waals surface area contributed by atoms with Gasteiger partial charge in [0.25, 0.3) is 0 Å². The molecule has 5 aromatic rings. The smallest absolute Gasteiger partial charge is 0.247 e. The molecular weight excluding hydrogens is 410 g/mol. The zero-order chi connectivity index (χ0) is 23.3. The molecule has 5 rings (SSSR count). The third-order valence-corrected chi connectivity index (χ3v) is 6.22. The number of benzene rings is 2. The molecule has 0 saturated carbocycles. The summed E-state index contributed by atoms with van der Waals surface area (Å²) in [4.78, 5) is 13.0. The van der Waals surface area contributed by atoms with Crippen LogP contribution in [0.15, 0.2) is 71.8 Å². The van der Waals surface area contributed by atoms with E-state index in [1.807, 2.05) is 6.07 Å². The highest BCUT2D eigenvalue weighted by atomic mass is 16.2. The predicted octanol–water partition coefficient (Wildman–Crippen LogP) is 5.28. The predicted molar refractivity (Wildman–Crippen MR) is 132 cm³/mol. The van der Waals surface area contributed by atoms with E-state index in [0.717, 1.165) is 22.3 Å². The van der Waals surface area contributed by atoms with E-state index in [4.69, 9.17) is 5.10 Å². The van der Waals surface area contributed by atoms with E-state index in [1.54, 1.807) is 21.3 Å². The molecule has 0 aliphatic heterocycles. The Morgan fingerprint density at radius 1 is 0.909 bits per heavy atom. The molecule has 0 N–H and O–H groups in total. The van der Waals surface area contributed by atoms with Gasteiger partial charge in [-0.3, -0.25) is 0 Å². The third-order valence-electron chi connectivity index (χ3n) is 6.22. The molecule has 2 aromatic carbocycles. The van der Waals surface area contributed by atoms with Crippen LogP contribution in [0.25, 0.3) is 22.4 Å². The quantitative estimate of drug-likeness (QED) is 0.383. The van der Waals surface area contributed by atoms with Gasteiger partial charge in [0.15, 0.2) is 5.65 Å². The Bertz CT molecular complexity index is 1490. The van der Waals surface area contributed by atoms with Crippen molar-refractivity contribution in [3.05, 3.63) is 94.2 Å². The molecule has 0 aliphatic rings. The summed E-state index contributed by atoms with van der Waals surface area (Å²) in [5, 5.41) is 9.37. The number of nitrogens with zero attached hydrogens (tertiary/aromatic N) is 5. The van der Waals surface area contributed by atoms with Gasteiger partial charge in [-0.15, -0.1) is 5.10 Å². The van der Waals surface area contributed by atoms with E-state index >= 15 is 0 Å². The molecule has 0 unspecified atom stereocenters. The second kappa shape index (κ2) is 7.73. The van der Waals surface area contributed by atoms with Crippen molar-refractivity contribution in [2.75, 3.05) is 0 Å². The van der Waals surface area contributed by atoms with E-state index in [0.29, 0.717) is 18.1 Å². The van der Waals surface area contributed by atoms with Crippen molar-refractivity contribution in [2.24, 2.45) is 0 Å². The first kappa shape index (κ1) is 21.2. The normalized spacial score (nSPS) is 12.3. The first-order chi connectivity index (χ1) is 15.7. The van der Waals surface area contributed by atoms with E-state index in [1.165, 1.54) is 15.8 Å². The monoisotopic (exact) mass is 439 g/mol. The summed E-state index contributed by atoms with van der Waals surface area (Å²) >= 11 is 0. The maximum Gasteiger partial charge on any atom is 0.350 e. The Hall–Kier alpha value is -3.67. The van der Waals surface area contributed by atoms with Gasteiger partial charge in [-0.05, 0) is 34.1 Å². The van der Waals surface area contributed by atoms with Crippen LogP contribution in [-0.2, 0) is 12.0 Å². The summed E-state index contributed by atoms with van der Waals surface area (Å²) in [6.07, 6.45) is 3.54. The van der Waals surface area contributed by atoms with Crippen LogP contribution in [-0.4, -0.2) is 23.8 Å². The molecule has 33 heavy (non-hydrogen) atoms. The number of aromatic nitrogens is 5. The molecule has 0 atom stereocenters. The fourth-order valence-corrected chi connectivity index (χ4v) is 4.10. The van der Waals surface area contributed by atoms with Crippen molar-refractivity contribution >= 4 is 11.2 Å². The summed E-state index contributed by atoms with van der Waals surface area (Å²) in [5.41, 5.74) is 6.86. The minimum Gasteiger partial charge on any atom is -0.247 e. The van der Waals surface area contributed by atoms with Crippen LogP contribution < -0.4 is 5.69 Å². The zero-order valence-corrected chi connectivity index (χ0v) is 19.8. The van der Waals surface area contributed by atoms with E-state index < -0.39 is 0 Å². The summed E-state index contributed by atoms with van der Waals surface area (Å²) in [7, 11) is 0. The van der Waals surface area contributed by atoms with Crippen LogP contribution in [0, 0.1) is 0 Å². The molecular formula is C27H29N5O. The highest BCUT2D eigenvalue weighted by Gasteiger charge is 2.15. The van der Waals surface area contributed by atoms with Gasteiger partial charge in [0, 0.05) is 18.0 Å². The molecule has 0 fully saturated rings. The molecule has 0 amide bonds. The lowest BCUT2D eigenvalue weighted by molar-refractivity contribution is 0.589. The Morgan fingerprint density at radius 3 is 2.24 bits per heavy atom. The summed E-state index contributed by atoms with van der Waals surface area (Å²) in [5.74, 6) is 0.486. The van der Waals surface area contributed by atoms with Gasteiger partial charge in [0.2, 0.25) is 0 Å². The standard InChI is InChI=1S/C27H29N5O/c1-18(2)20-8-10-21(11-9-20)23-16-24-25-29-32(26(33)30(25)14-15-31(24)28-23)17-19-6-12-22(13-7-19)27(3,4)5/h6-16,18H,17H2,1-5H3. The molecule has 6 heteroatoms. The summed E-state index contributed by atoms with van der Waals surface area (Å²) < 4.78 is 4.90. The maximum atomic E-state index is 13.0. The lowest BCUT2D eigenvalue weighted by atomic mass is 9.87. The van der Waals surface area contributed by atoms with E-state index in [2.05, 4.69) is 88.2 Å². The van der Waals surface area contributed by atoms with Crippen LogP contribution in [0.4, 0.5) is 0 Å². The van der Waals surface area contributed by atoms with Crippen LogP contribution in [0.1, 0.15) is 57.2 Å². The lowest BCUT2D eigenvalue weighted by Crippen LogP contribution is -2.21. The van der Waals surface area contributed by atoms with Crippen molar-refractivity contribution in [1.29, 1.82) is 0 Å². The van der Waals surface area contributed by atoms with Crippen molar-refractivity contribution in [3.63, 3.8) is 0 Å². The van der Waals surface area contributed by atoms with Crippen molar-refractivity contribution in [2.45, 2.75) is 52.5 Å². The van der Waals surface area contributed by atoms with E-state index in [-0.39, 0.29) is 11.1 Å². The third kappa shape index (κ3) is 3.86. The number of fused-ring (bicyclic) bond motifs is 3. The Morgan fingerprint density at radius 2 is 1.61 bits per heavy atom. The SMILES string of the molecule is CC(C)c1ccc(-c2cc3c4nn(Cc5ccc(C(C)(C)C)cc5)c(=O)n4ccn3n2)cc1. The molecule has 168 valence electrons. The van der Waals surface area contributed by atoms with Crippen LogP contribution >= 0.6 is 0 Å². The van der Waals surface area contributed by atoms with Crippen molar-refractivity contribution in [3.8, 4) is 11.3 Å². The Labute approximate surface area is 193 Å². The molecule has 0 aliphatic carbocycles. The largest absolute Gasteiger partial charge is 0.350 e. The van der Waals surface area contributed by atoms with Crippen molar-refractivity contribution < 1.29 is 0 Å². The number of hydrogen-bond donors (Lipinski definition) is 0. The van der Waals surface area contributed by atoms with Gasteiger partial charge >= 0.3 is 5.69 Å².